The monoisotopic (exact) mass is 488 g/mol. The Bertz CT molecular complexity index is 1390. The van der Waals surface area contributed by atoms with Crippen molar-refractivity contribution in [2.75, 3.05) is 16.3 Å². The highest BCUT2D eigenvalue weighted by molar-refractivity contribution is 7.92. The van der Waals surface area contributed by atoms with Crippen LogP contribution in [0.4, 0.5) is 11.4 Å². The van der Waals surface area contributed by atoms with Gasteiger partial charge in [-0.3, -0.25) is 9.52 Å². The number of nitrogens with one attached hydrogen (secondary N) is 2. The topological polar surface area (TPSA) is 141 Å². The highest BCUT2D eigenvalue weighted by atomic mass is 35.5. The number of pyridine rings is 1. The highest BCUT2D eigenvalue weighted by Crippen LogP contribution is 2.25. The van der Waals surface area contributed by atoms with Crippen molar-refractivity contribution in [3.05, 3.63) is 77.9 Å². The highest BCUT2D eigenvalue weighted by Gasteiger charge is 2.15. The molecule has 0 radical (unpaired) electrons. The molecule has 0 unspecified atom stereocenters. The maximum absolute atomic E-state index is 12.7. The first kappa shape index (κ1) is 22.3. The molecule has 0 fully saturated rings. The van der Waals surface area contributed by atoms with Crippen molar-refractivity contribution in [2.45, 2.75) is 6.61 Å². The molecule has 0 aliphatic rings. The van der Waals surface area contributed by atoms with E-state index in [1.807, 2.05) is 0 Å². The zero-order valence-corrected chi connectivity index (χ0v) is 18.7. The number of sulfonamides is 1. The second-order valence-corrected chi connectivity index (χ2v) is 9.00. The van der Waals surface area contributed by atoms with E-state index in [4.69, 9.17) is 20.8 Å². The van der Waals surface area contributed by atoms with Crippen LogP contribution in [0.15, 0.2) is 65.9 Å². The summed E-state index contributed by atoms with van der Waals surface area (Å²) in [4.78, 5) is 20.8. The van der Waals surface area contributed by atoms with Crippen LogP contribution in [0.5, 0.6) is 5.75 Å². The summed E-state index contributed by atoms with van der Waals surface area (Å²) < 4.78 is 37.6. The van der Waals surface area contributed by atoms with Crippen molar-refractivity contribution in [1.29, 1.82) is 0 Å². The predicted molar refractivity (Wildman–Crippen MR) is 120 cm³/mol. The Hall–Kier alpha value is -3.90. The molecule has 0 spiro atoms. The molecule has 0 saturated heterocycles. The Morgan fingerprint density at radius 2 is 2.06 bits per heavy atom. The van der Waals surface area contributed by atoms with Gasteiger partial charge in [-0.15, -0.1) is 0 Å². The zero-order chi connectivity index (χ0) is 23.4. The molecule has 1 amide bonds. The van der Waals surface area contributed by atoms with Crippen LogP contribution >= 0.6 is 11.6 Å². The van der Waals surface area contributed by atoms with Gasteiger partial charge in [-0.25, -0.2) is 23.1 Å². The van der Waals surface area contributed by atoms with E-state index >= 15 is 0 Å². The lowest BCUT2D eigenvalue weighted by Crippen LogP contribution is -2.13. The largest absolute Gasteiger partial charge is 0.482 e. The van der Waals surface area contributed by atoms with Gasteiger partial charge in [-0.1, -0.05) is 11.6 Å². The lowest BCUT2D eigenvalue weighted by atomic mass is 10.2. The van der Waals surface area contributed by atoms with E-state index in [0.29, 0.717) is 23.0 Å². The molecule has 4 aromatic rings. The third-order valence-electron chi connectivity index (χ3n) is 4.12. The molecule has 13 heteroatoms. The van der Waals surface area contributed by atoms with Crippen LogP contribution in [0.1, 0.15) is 16.1 Å². The first-order valence-corrected chi connectivity index (χ1v) is 11.6. The number of ether oxygens (including phenoxy) is 1. The Balaban J connectivity index is 1.51. The minimum atomic E-state index is -3.50. The zero-order valence-electron chi connectivity index (χ0n) is 17.1. The van der Waals surface area contributed by atoms with E-state index in [1.165, 1.54) is 41.7 Å². The van der Waals surface area contributed by atoms with Gasteiger partial charge < -0.3 is 14.5 Å². The molecule has 11 nitrogen and oxygen atoms in total. The molecule has 0 aliphatic carbocycles. The number of halogens is 1. The predicted octanol–water partition coefficient (Wildman–Crippen LogP) is 3.11. The van der Waals surface area contributed by atoms with Gasteiger partial charge in [0.1, 0.15) is 6.61 Å². The molecule has 0 aliphatic heterocycles. The fourth-order valence-corrected chi connectivity index (χ4v) is 3.60. The van der Waals surface area contributed by atoms with Crippen LogP contribution < -0.4 is 14.8 Å². The van der Waals surface area contributed by atoms with Crippen molar-refractivity contribution >= 4 is 38.9 Å². The van der Waals surface area contributed by atoms with Crippen molar-refractivity contribution in [3.63, 3.8) is 0 Å². The molecule has 4 rings (SSSR count). The Labute approximate surface area is 193 Å². The number of anilines is 2. The fraction of sp³-hybridized carbons (Fsp3) is 0.100. The molecule has 0 bridgehead atoms. The first-order valence-electron chi connectivity index (χ1n) is 9.37. The summed E-state index contributed by atoms with van der Waals surface area (Å²) in [6.45, 7) is 0.145. The average molecular weight is 489 g/mol. The minimum Gasteiger partial charge on any atom is -0.482 e. The number of oxazole rings is 1. The van der Waals surface area contributed by atoms with E-state index in [1.54, 1.807) is 24.5 Å². The first-order chi connectivity index (χ1) is 15.8. The molecule has 33 heavy (non-hydrogen) atoms. The number of hydrogen-bond acceptors (Lipinski definition) is 8. The van der Waals surface area contributed by atoms with Crippen LogP contribution in [0.3, 0.4) is 0 Å². The molecule has 0 saturated carbocycles. The van der Waals surface area contributed by atoms with E-state index < -0.39 is 15.9 Å². The van der Waals surface area contributed by atoms with Crippen molar-refractivity contribution in [2.24, 2.45) is 0 Å². The third-order valence-corrected chi connectivity index (χ3v) is 4.95. The Kier molecular flexibility index (Phi) is 6.29. The van der Waals surface area contributed by atoms with E-state index in [-0.39, 0.29) is 22.9 Å². The van der Waals surface area contributed by atoms with Gasteiger partial charge in [-0.05, 0) is 30.3 Å². The number of carbonyl (C=O) groups excluding carboxylic acids is 1. The number of amides is 1. The van der Waals surface area contributed by atoms with Gasteiger partial charge in [0.05, 0.1) is 29.9 Å². The van der Waals surface area contributed by atoms with Crippen molar-refractivity contribution in [1.82, 2.24) is 19.7 Å². The normalized spacial score (nSPS) is 11.2. The van der Waals surface area contributed by atoms with Gasteiger partial charge in [0.25, 0.3) is 5.91 Å². The summed E-state index contributed by atoms with van der Waals surface area (Å²) in [5.41, 5.74) is 0.762. The standard InChI is InChI=1S/C20H17ClN6O5S/c1-33(29,30)26-16-6-14(21)5-15(7-16)25-20(28)13-8-24-27(10-13)19-18(3-2-4-23-19)31-11-17-9-22-12-32-17/h2-10,12,26H,11H2,1H3,(H,25,28). The average Bonchev–Trinajstić information content (AvgIpc) is 3.43. The van der Waals surface area contributed by atoms with Gasteiger partial charge in [0, 0.05) is 23.1 Å². The van der Waals surface area contributed by atoms with Gasteiger partial charge in [0.2, 0.25) is 10.0 Å². The third kappa shape index (κ3) is 5.87. The lowest BCUT2D eigenvalue weighted by molar-refractivity contribution is 0.102. The number of rotatable bonds is 8. The molecule has 1 aromatic carbocycles. The maximum atomic E-state index is 12.7. The van der Waals surface area contributed by atoms with Crippen LogP contribution in [0.25, 0.3) is 5.82 Å². The molecule has 3 aromatic heterocycles. The maximum Gasteiger partial charge on any atom is 0.258 e. The molecular weight excluding hydrogens is 472 g/mol. The molecule has 2 N–H and O–H groups in total. The summed E-state index contributed by atoms with van der Waals surface area (Å²) in [6, 6.07) is 7.78. The molecule has 0 atom stereocenters. The summed E-state index contributed by atoms with van der Waals surface area (Å²) in [5.74, 6) is 0.860. The van der Waals surface area contributed by atoms with Gasteiger partial charge in [0.15, 0.2) is 23.7 Å². The number of carbonyl (C=O) groups is 1. The lowest BCUT2D eigenvalue weighted by Gasteiger charge is -2.09. The van der Waals surface area contributed by atoms with Crippen molar-refractivity contribution < 1.29 is 22.4 Å². The fourth-order valence-electron chi connectivity index (χ4n) is 2.82. The second-order valence-electron chi connectivity index (χ2n) is 6.81. The smallest absolute Gasteiger partial charge is 0.258 e. The molecule has 170 valence electrons. The molecular formula is C20H17ClN6O5S. The quantitative estimate of drug-likeness (QED) is 0.385. The van der Waals surface area contributed by atoms with E-state index in [9.17, 15) is 13.2 Å². The van der Waals surface area contributed by atoms with E-state index in [2.05, 4.69) is 25.1 Å². The number of nitrogens with zero attached hydrogens (tertiary/aromatic N) is 4. The van der Waals surface area contributed by atoms with Gasteiger partial charge >= 0.3 is 0 Å². The van der Waals surface area contributed by atoms with Crippen LogP contribution in [-0.2, 0) is 16.6 Å². The number of hydrogen-bond donors (Lipinski definition) is 2. The Morgan fingerprint density at radius 3 is 2.82 bits per heavy atom. The van der Waals surface area contributed by atoms with Crippen LogP contribution in [0, 0.1) is 0 Å². The summed E-state index contributed by atoms with van der Waals surface area (Å²) in [7, 11) is -3.50. The minimum absolute atomic E-state index is 0.145. The number of aromatic nitrogens is 4. The van der Waals surface area contributed by atoms with E-state index in [0.717, 1.165) is 6.26 Å². The summed E-state index contributed by atoms with van der Waals surface area (Å²) in [5, 5.41) is 7.11. The van der Waals surface area contributed by atoms with Gasteiger partial charge in [-0.2, -0.15) is 5.10 Å². The number of benzene rings is 1. The van der Waals surface area contributed by atoms with Crippen LogP contribution in [-0.4, -0.2) is 40.3 Å². The summed E-state index contributed by atoms with van der Waals surface area (Å²) >= 11 is 6.04. The van der Waals surface area contributed by atoms with Crippen LogP contribution in [0.2, 0.25) is 5.02 Å². The Morgan fingerprint density at radius 1 is 1.24 bits per heavy atom. The molecule has 3 heterocycles. The second kappa shape index (κ2) is 9.30. The van der Waals surface area contributed by atoms with Crippen molar-refractivity contribution in [3.8, 4) is 11.6 Å². The summed E-state index contributed by atoms with van der Waals surface area (Å²) in [6.07, 6.45) is 8.28. The SMILES string of the molecule is CS(=O)(=O)Nc1cc(Cl)cc(NC(=O)c2cnn(-c3ncccc3OCc3cnco3)c2)c1.